The summed E-state index contributed by atoms with van der Waals surface area (Å²) in [6.07, 6.45) is 0. The van der Waals surface area contributed by atoms with Gasteiger partial charge in [-0.1, -0.05) is 6.07 Å². The van der Waals surface area contributed by atoms with Gasteiger partial charge in [-0.3, -0.25) is 9.89 Å². The monoisotopic (exact) mass is 333 g/mol. The standard InChI is InChI=1S/C18H15N5O2/c1-25-15-7-5-13(6-8-15)17-21-16(22-23-17)11-20-18(24)14-4-2-3-12(9-14)10-19/h2-9H,11H2,1H3,(H,20,24)(H,21,22,23). The van der Waals surface area contributed by atoms with Crippen LogP contribution in [0.25, 0.3) is 11.4 Å². The van der Waals surface area contributed by atoms with Crippen LogP contribution < -0.4 is 10.1 Å². The maximum atomic E-state index is 12.1. The second-order valence-electron chi connectivity index (χ2n) is 5.21. The van der Waals surface area contributed by atoms with Crippen LogP contribution in [0.4, 0.5) is 0 Å². The largest absolute Gasteiger partial charge is 0.497 e. The Hall–Kier alpha value is -3.66. The van der Waals surface area contributed by atoms with Crippen molar-refractivity contribution in [2.45, 2.75) is 6.54 Å². The number of carbonyl (C=O) groups is 1. The van der Waals surface area contributed by atoms with Crippen LogP contribution in [-0.4, -0.2) is 28.2 Å². The molecule has 0 saturated carbocycles. The molecule has 7 heteroatoms. The molecular weight excluding hydrogens is 318 g/mol. The molecule has 1 aromatic heterocycles. The summed E-state index contributed by atoms with van der Waals surface area (Å²) in [5.74, 6) is 1.56. The van der Waals surface area contributed by atoms with Gasteiger partial charge < -0.3 is 10.1 Å². The topological polar surface area (TPSA) is 104 Å². The number of hydrogen-bond acceptors (Lipinski definition) is 5. The third-order valence-electron chi connectivity index (χ3n) is 3.55. The van der Waals surface area contributed by atoms with Gasteiger partial charge in [-0.2, -0.15) is 10.4 Å². The van der Waals surface area contributed by atoms with Crippen molar-refractivity contribution in [3.63, 3.8) is 0 Å². The number of ether oxygens (including phenoxy) is 1. The second kappa shape index (κ2) is 7.27. The minimum absolute atomic E-state index is 0.207. The zero-order chi connectivity index (χ0) is 17.6. The minimum atomic E-state index is -0.278. The van der Waals surface area contributed by atoms with Crippen LogP contribution in [0.2, 0.25) is 0 Å². The zero-order valence-electron chi connectivity index (χ0n) is 13.5. The van der Waals surface area contributed by atoms with Gasteiger partial charge in [0.25, 0.3) is 5.91 Å². The van der Waals surface area contributed by atoms with Gasteiger partial charge in [0, 0.05) is 11.1 Å². The van der Waals surface area contributed by atoms with E-state index in [-0.39, 0.29) is 12.5 Å². The summed E-state index contributed by atoms with van der Waals surface area (Å²) in [4.78, 5) is 16.5. The van der Waals surface area contributed by atoms with Gasteiger partial charge in [-0.05, 0) is 42.5 Å². The van der Waals surface area contributed by atoms with E-state index >= 15 is 0 Å². The van der Waals surface area contributed by atoms with Crippen molar-refractivity contribution in [3.8, 4) is 23.2 Å². The molecule has 1 heterocycles. The number of nitrogens with zero attached hydrogens (tertiary/aromatic N) is 3. The average Bonchev–Trinajstić information content (AvgIpc) is 3.15. The van der Waals surface area contributed by atoms with Gasteiger partial charge >= 0.3 is 0 Å². The third kappa shape index (κ3) is 3.82. The fourth-order valence-electron chi connectivity index (χ4n) is 2.24. The van der Waals surface area contributed by atoms with Gasteiger partial charge in [0.1, 0.15) is 11.6 Å². The molecule has 0 unspecified atom stereocenters. The maximum absolute atomic E-state index is 12.1. The number of benzene rings is 2. The number of nitrogens with one attached hydrogen (secondary N) is 2. The molecule has 0 bridgehead atoms. The summed E-state index contributed by atoms with van der Waals surface area (Å²) in [6.45, 7) is 0.207. The molecule has 124 valence electrons. The molecule has 0 spiro atoms. The molecule has 0 fully saturated rings. The third-order valence-corrected chi connectivity index (χ3v) is 3.55. The van der Waals surface area contributed by atoms with Crippen LogP contribution in [0, 0.1) is 11.3 Å². The van der Waals surface area contributed by atoms with E-state index in [1.807, 2.05) is 30.3 Å². The summed E-state index contributed by atoms with van der Waals surface area (Å²) >= 11 is 0. The van der Waals surface area contributed by atoms with Crippen molar-refractivity contribution in [2.24, 2.45) is 0 Å². The summed E-state index contributed by atoms with van der Waals surface area (Å²) in [7, 11) is 1.61. The van der Waals surface area contributed by atoms with Crippen molar-refractivity contribution >= 4 is 5.91 Å². The molecule has 2 aromatic carbocycles. The molecular formula is C18H15N5O2. The van der Waals surface area contributed by atoms with E-state index in [1.54, 1.807) is 31.4 Å². The molecule has 3 rings (SSSR count). The number of nitriles is 1. The molecule has 2 N–H and O–H groups in total. The van der Waals surface area contributed by atoms with Crippen molar-refractivity contribution in [1.29, 1.82) is 5.26 Å². The Morgan fingerprint density at radius 2 is 2.08 bits per heavy atom. The molecule has 25 heavy (non-hydrogen) atoms. The van der Waals surface area contributed by atoms with E-state index in [2.05, 4.69) is 20.5 Å². The molecule has 0 saturated heterocycles. The van der Waals surface area contributed by atoms with Crippen molar-refractivity contribution in [1.82, 2.24) is 20.5 Å². The fraction of sp³-hybridized carbons (Fsp3) is 0.111. The van der Waals surface area contributed by atoms with Crippen LogP contribution in [0.15, 0.2) is 48.5 Å². The molecule has 0 aliphatic carbocycles. The quantitative estimate of drug-likeness (QED) is 0.745. The van der Waals surface area contributed by atoms with E-state index in [1.165, 1.54) is 0 Å². The molecule has 0 atom stereocenters. The van der Waals surface area contributed by atoms with Crippen LogP contribution in [0.5, 0.6) is 5.75 Å². The van der Waals surface area contributed by atoms with Crippen LogP contribution in [0.3, 0.4) is 0 Å². The number of H-pyrrole nitrogens is 1. The number of hydrogen-bond donors (Lipinski definition) is 2. The molecule has 1 amide bonds. The van der Waals surface area contributed by atoms with Crippen LogP contribution in [0.1, 0.15) is 21.7 Å². The Morgan fingerprint density at radius 3 is 2.80 bits per heavy atom. The molecule has 0 aliphatic rings. The average molecular weight is 333 g/mol. The number of aromatic amines is 1. The lowest BCUT2D eigenvalue weighted by molar-refractivity contribution is 0.0950. The highest BCUT2D eigenvalue weighted by Gasteiger charge is 2.09. The molecule has 0 aliphatic heterocycles. The number of methoxy groups -OCH3 is 1. The van der Waals surface area contributed by atoms with Gasteiger partial charge in [-0.25, -0.2) is 4.98 Å². The number of amides is 1. The van der Waals surface area contributed by atoms with Crippen LogP contribution >= 0.6 is 0 Å². The Balaban J connectivity index is 1.65. The molecule has 0 radical (unpaired) electrons. The summed E-state index contributed by atoms with van der Waals surface area (Å²) in [5, 5.41) is 18.6. The van der Waals surface area contributed by atoms with E-state index in [0.29, 0.717) is 22.8 Å². The lowest BCUT2D eigenvalue weighted by Crippen LogP contribution is -2.23. The van der Waals surface area contributed by atoms with E-state index in [4.69, 9.17) is 10.00 Å². The lowest BCUT2D eigenvalue weighted by atomic mass is 10.1. The first-order chi connectivity index (χ1) is 12.2. The maximum Gasteiger partial charge on any atom is 0.251 e. The SMILES string of the molecule is COc1ccc(-c2n[nH]c(CNC(=O)c3cccc(C#N)c3)n2)cc1. The number of carbonyl (C=O) groups excluding carboxylic acids is 1. The Kier molecular flexibility index (Phi) is 4.72. The number of aromatic nitrogens is 3. The van der Waals surface area contributed by atoms with Crippen LogP contribution in [-0.2, 0) is 6.54 Å². The predicted octanol–water partition coefficient (Wildman–Crippen LogP) is 2.28. The molecule has 7 nitrogen and oxygen atoms in total. The predicted molar refractivity (Wildman–Crippen MR) is 90.7 cm³/mol. The second-order valence-corrected chi connectivity index (χ2v) is 5.21. The summed E-state index contributed by atoms with van der Waals surface area (Å²) in [6, 6.07) is 15.9. The minimum Gasteiger partial charge on any atom is -0.497 e. The first-order valence-corrected chi connectivity index (χ1v) is 7.53. The fourth-order valence-corrected chi connectivity index (χ4v) is 2.24. The zero-order valence-corrected chi connectivity index (χ0v) is 13.5. The summed E-state index contributed by atoms with van der Waals surface area (Å²) in [5.41, 5.74) is 1.71. The van der Waals surface area contributed by atoms with Gasteiger partial charge in [0.2, 0.25) is 0 Å². The summed E-state index contributed by atoms with van der Waals surface area (Å²) < 4.78 is 5.12. The highest BCUT2D eigenvalue weighted by atomic mass is 16.5. The first-order valence-electron chi connectivity index (χ1n) is 7.53. The number of rotatable bonds is 5. The van der Waals surface area contributed by atoms with Crippen molar-refractivity contribution in [3.05, 3.63) is 65.5 Å². The first kappa shape index (κ1) is 16.2. The molecule has 3 aromatic rings. The lowest BCUT2D eigenvalue weighted by Gasteiger charge is -2.03. The highest BCUT2D eigenvalue weighted by Crippen LogP contribution is 2.18. The van der Waals surface area contributed by atoms with E-state index < -0.39 is 0 Å². The Bertz CT molecular complexity index is 925. The highest BCUT2D eigenvalue weighted by molar-refractivity contribution is 5.94. The van der Waals surface area contributed by atoms with E-state index in [9.17, 15) is 4.79 Å². The van der Waals surface area contributed by atoms with Gasteiger partial charge in [0.15, 0.2) is 5.82 Å². The smallest absolute Gasteiger partial charge is 0.251 e. The normalized spacial score (nSPS) is 10.1. The van der Waals surface area contributed by atoms with Gasteiger partial charge in [0.05, 0.1) is 25.3 Å². The van der Waals surface area contributed by atoms with E-state index in [0.717, 1.165) is 11.3 Å². The van der Waals surface area contributed by atoms with Crippen molar-refractivity contribution < 1.29 is 9.53 Å². The Labute approximate surface area is 144 Å². The van der Waals surface area contributed by atoms with Crippen molar-refractivity contribution in [2.75, 3.05) is 7.11 Å². The Morgan fingerprint density at radius 1 is 1.28 bits per heavy atom. The van der Waals surface area contributed by atoms with Gasteiger partial charge in [-0.15, -0.1) is 0 Å².